The zero-order chi connectivity index (χ0) is 23.5. The first-order valence-corrected chi connectivity index (χ1v) is 11.5. The topological polar surface area (TPSA) is 105 Å². The van der Waals surface area contributed by atoms with E-state index in [2.05, 4.69) is 22.8 Å². The van der Waals surface area contributed by atoms with Gasteiger partial charge < -0.3 is 20.5 Å². The first-order valence-electron chi connectivity index (χ1n) is 11.5. The Balaban J connectivity index is 1.41. The summed E-state index contributed by atoms with van der Waals surface area (Å²) in [6.07, 6.45) is 1.81. The quantitative estimate of drug-likeness (QED) is 0.537. The van der Waals surface area contributed by atoms with Gasteiger partial charge in [0.1, 0.15) is 18.7 Å². The van der Waals surface area contributed by atoms with Crippen LogP contribution in [-0.4, -0.2) is 41.8 Å². The molecule has 0 radical (unpaired) electrons. The highest BCUT2D eigenvalue weighted by atomic mass is 16.5. The van der Waals surface area contributed by atoms with Crippen LogP contribution in [0, 0.1) is 11.8 Å². The van der Waals surface area contributed by atoms with Crippen molar-refractivity contribution in [2.45, 2.75) is 51.1 Å². The summed E-state index contributed by atoms with van der Waals surface area (Å²) < 4.78 is 5.58. The van der Waals surface area contributed by atoms with Gasteiger partial charge in [-0.3, -0.25) is 4.79 Å². The smallest absolute Gasteiger partial charge is 0.407 e. The van der Waals surface area contributed by atoms with Crippen LogP contribution in [0.1, 0.15) is 50.2 Å². The maximum atomic E-state index is 12.8. The molecule has 0 aliphatic heterocycles. The van der Waals surface area contributed by atoms with Gasteiger partial charge in [0.25, 0.3) is 0 Å². The van der Waals surface area contributed by atoms with Gasteiger partial charge >= 0.3 is 12.1 Å². The average Bonchev–Trinajstić information content (AvgIpc) is 3.55. The van der Waals surface area contributed by atoms with Gasteiger partial charge in [-0.15, -0.1) is 0 Å². The summed E-state index contributed by atoms with van der Waals surface area (Å²) in [5, 5.41) is 14.6. The Morgan fingerprint density at radius 2 is 1.55 bits per heavy atom. The number of benzene rings is 2. The second kappa shape index (κ2) is 9.65. The lowest BCUT2D eigenvalue weighted by Crippen LogP contribution is -2.53. The number of hydrogen-bond donors (Lipinski definition) is 3. The maximum Gasteiger partial charge on any atom is 0.407 e. The molecular formula is C26H30N2O5. The van der Waals surface area contributed by atoms with Gasteiger partial charge in [0.2, 0.25) is 5.91 Å². The van der Waals surface area contributed by atoms with Crippen LogP contribution in [0.4, 0.5) is 4.79 Å². The van der Waals surface area contributed by atoms with Crippen molar-refractivity contribution >= 4 is 18.0 Å². The van der Waals surface area contributed by atoms with Crippen LogP contribution in [0.3, 0.4) is 0 Å². The van der Waals surface area contributed by atoms with Crippen LogP contribution < -0.4 is 10.6 Å². The van der Waals surface area contributed by atoms with Crippen molar-refractivity contribution in [1.29, 1.82) is 0 Å². The first-order chi connectivity index (χ1) is 15.8. The van der Waals surface area contributed by atoms with E-state index in [1.54, 1.807) is 13.8 Å². The Bertz CT molecular complexity index is 1000. The van der Waals surface area contributed by atoms with Crippen LogP contribution in [0.15, 0.2) is 48.5 Å². The molecular weight excluding hydrogens is 420 g/mol. The number of carbonyl (C=O) groups excluding carboxylic acids is 2. The lowest BCUT2D eigenvalue weighted by Gasteiger charge is -2.23. The van der Waals surface area contributed by atoms with E-state index in [4.69, 9.17) is 4.74 Å². The molecule has 33 heavy (non-hydrogen) atoms. The summed E-state index contributed by atoms with van der Waals surface area (Å²) >= 11 is 0. The third kappa shape index (κ3) is 5.18. The van der Waals surface area contributed by atoms with Gasteiger partial charge in [-0.25, -0.2) is 9.59 Å². The fourth-order valence-electron chi connectivity index (χ4n) is 4.47. The van der Waals surface area contributed by atoms with E-state index >= 15 is 0 Å². The molecule has 2 aliphatic rings. The summed E-state index contributed by atoms with van der Waals surface area (Å²) in [5.41, 5.74) is 4.50. The molecule has 0 bridgehead atoms. The molecule has 2 amide bonds. The van der Waals surface area contributed by atoms with Crippen LogP contribution >= 0.6 is 0 Å². The molecule has 1 fully saturated rings. The van der Waals surface area contributed by atoms with E-state index in [0.29, 0.717) is 12.3 Å². The van der Waals surface area contributed by atoms with E-state index in [1.165, 1.54) is 0 Å². The number of carboxylic acids is 1. The Morgan fingerprint density at radius 1 is 0.970 bits per heavy atom. The standard InChI is InChI=1S/C26H30N2O5/c1-15(2)23(25(30)31)28-24(29)22(13-16-11-12-16)27-26(32)33-14-21-19-9-5-3-7-17(19)18-8-4-6-10-20(18)21/h3-10,15-16,21-23H,11-14H2,1-2H3,(H,27,32)(H,28,29)(H,30,31)/t22?,23-/m1/s1. The molecule has 0 saturated heterocycles. The van der Waals surface area contributed by atoms with E-state index < -0.39 is 30.1 Å². The van der Waals surface area contributed by atoms with Gasteiger partial charge in [0, 0.05) is 5.92 Å². The van der Waals surface area contributed by atoms with Gasteiger partial charge in [-0.05, 0) is 40.5 Å². The van der Waals surface area contributed by atoms with Crippen LogP contribution in [-0.2, 0) is 14.3 Å². The second-order valence-corrected chi connectivity index (χ2v) is 9.27. The molecule has 2 aliphatic carbocycles. The monoisotopic (exact) mass is 450 g/mol. The van der Waals surface area contributed by atoms with E-state index in [-0.39, 0.29) is 18.4 Å². The van der Waals surface area contributed by atoms with Crippen LogP contribution in [0.2, 0.25) is 0 Å². The van der Waals surface area contributed by atoms with E-state index in [0.717, 1.165) is 35.1 Å². The molecule has 1 unspecified atom stereocenters. The largest absolute Gasteiger partial charge is 0.480 e. The number of alkyl carbamates (subject to hydrolysis) is 1. The predicted molar refractivity (Wildman–Crippen MR) is 124 cm³/mol. The fraction of sp³-hybridized carbons (Fsp3) is 0.423. The summed E-state index contributed by atoms with van der Waals surface area (Å²) in [4.78, 5) is 36.9. The van der Waals surface area contributed by atoms with E-state index in [1.807, 2.05) is 36.4 Å². The molecule has 174 valence electrons. The summed E-state index contributed by atoms with van der Waals surface area (Å²) in [5.74, 6) is -1.57. The molecule has 7 nitrogen and oxygen atoms in total. The lowest BCUT2D eigenvalue weighted by atomic mass is 9.98. The van der Waals surface area contributed by atoms with Gasteiger partial charge in [-0.2, -0.15) is 0 Å². The molecule has 4 rings (SSSR count). The highest BCUT2D eigenvalue weighted by Gasteiger charge is 2.34. The van der Waals surface area contributed by atoms with Crippen molar-refractivity contribution in [3.8, 4) is 11.1 Å². The average molecular weight is 451 g/mol. The zero-order valence-electron chi connectivity index (χ0n) is 18.9. The summed E-state index contributed by atoms with van der Waals surface area (Å²) in [6, 6.07) is 14.3. The summed E-state index contributed by atoms with van der Waals surface area (Å²) in [7, 11) is 0. The minimum absolute atomic E-state index is 0.0730. The molecule has 2 aromatic carbocycles. The third-order valence-electron chi connectivity index (χ3n) is 6.45. The zero-order valence-corrected chi connectivity index (χ0v) is 18.9. The number of carboxylic acid groups (broad SMARTS) is 1. The summed E-state index contributed by atoms with van der Waals surface area (Å²) in [6.45, 7) is 3.61. The van der Waals surface area contributed by atoms with Crippen molar-refractivity contribution in [2.24, 2.45) is 11.8 Å². The number of carbonyl (C=O) groups is 3. The Kier molecular flexibility index (Phi) is 6.67. The normalized spacial score (nSPS) is 16.5. The third-order valence-corrected chi connectivity index (χ3v) is 6.45. The molecule has 2 atom stereocenters. The van der Waals surface area contributed by atoms with Gasteiger partial charge in [0.15, 0.2) is 0 Å². The predicted octanol–water partition coefficient (Wildman–Crippen LogP) is 3.92. The first kappa shape index (κ1) is 22.8. The number of amides is 2. The molecule has 0 heterocycles. The number of aliphatic carboxylic acids is 1. The highest BCUT2D eigenvalue weighted by molar-refractivity contribution is 5.89. The van der Waals surface area contributed by atoms with Gasteiger partial charge in [0.05, 0.1) is 0 Å². The lowest BCUT2D eigenvalue weighted by molar-refractivity contribution is -0.143. The molecule has 1 saturated carbocycles. The van der Waals surface area contributed by atoms with E-state index in [9.17, 15) is 19.5 Å². The van der Waals surface area contributed by atoms with Crippen molar-refractivity contribution in [3.05, 3.63) is 59.7 Å². The maximum absolute atomic E-state index is 12.8. The molecule has 2 aromatic rings. The molecule has 0 spiro atoms. The number of hydrogen-bond acceptors (Lipinski definition) is 4. The highest BCUT2D eigenvalue weighted by Crippen LogP contribution is 2.44. The number of nitrogens with one attached hydrogen (secondary N) is 2. The van der Waals surface area contributed by atoms with Crippen molar-refractivity contribution in [1.82, 2.24) is 10.6 Å². The van der Waals surface area contributed by atoms with Crippen molar-refractivity contribution in [3.63, 3.8) is 0 Å². The Morgan fingerprint density at radius 3 is 2.06 bits per heavy atom. The Labute approximate surface area is 193 Å². The second-order valence-electron chi connectivity index (χ2n) is 9.27. The van der Waals surface area contributed by atoms with Crippen LogP contribution in [0.5, 0.6) is 0 Å². The molecule has 0 aromatic heterocycles. The Hall–Kier alpha value is -3.35. The molecule has 3 N–H and O–H groups in total. The number of ether oxygens (including phenoxy) is 1. The van der Waals surface area contributed by atoms with Gasteiger partial charge in [-0.1, -0.05) is 75.2 Å². The number of rotatable bonds is 9. The minimum atomic E-state index is -1.09. The van der Waals surface area contributed by atoms with Crippen molar-refractivity contribution in [2.75, 3.05) is 6.61 Å². The minimum Gasteiger partial charge on any atom is -0.480 e. The molecule has 7 heteroatoms. The fourth-order valence-corrected chi connectivity index (χ4v) is 4.47. The van der Waals surface area contributed by atoms with Crippen LogP contribution in [0.25, 0.3) is 11.1 Å². The SMILES string of the molecule is CC(C)[C@@H](NC(=O)C(CC1CC1)NC(=O)OCC1c2ccccc2-c2ccccc21)C(=O)O. The van der Waals surface area contributed by atoms with Crippen molar-refractivity contribution < 1.29 is 24.2 Å². The number of fused-ring (bicyclic) bond motifs is 3.